The van der Waals surface area contributed by atoms with Crippen LogP contribution in [0.25, 0.3) is 6.08 Å². The normalized spacial score (nSPS) is 22.2. The first-order valence-corrected chi connectivity index (χ1v) is 7.81. The van der Waals surface area contributed by atoms with Crippen molar-refractivity contribution in [2.75, 3.05) is 0 Å². The quantitative estimate of drug-likeness (QED) is 0.586. The van der Waals surface area contributed by atoms with Gasteiger partial charge in [-0.15, -0.1) is 11.6 Å². The van der Waals surface area contributed by atoms with Crippen LogP contribution in [0.4, 0.5) is 0 Å². The third kappa shape index (κ3) is 3.34. The van der Waals surface area contributed by atoms with Crippen LogP contribution >= 0.6 is 23.2 Å². The molecule has 2 aromatic rings. The van der Waals surface area contributed by atoms with Gasteiger partial charge in [0.1, 0.15) is 6.10 Å². The predicted molar refractivity (Wildman–Crippen MR) is 89.3 cm³/mol. The van der Waals surface area contributed by atoms with E-state index in [1.54, 1.807) is 24.3 Å². The van der Waals surface area contributed by atoms with E-state index in [0.717, 1.165) is 17.6 Å². The number of hydrogen-bond acceptors (Lipinski definition) is 2. The van der Waals surface area contributed by atoms with Crippen LogP contribution in [0, 0.1) is 0 Å². The standard InChI is InChI=1S/C18H14Cl2O2/c19-15-8-6-12(7-9-15)10-14-11-16(20)17(14)22-18(21)13-4-2-1-3-5-13/h1-10,16-17H,11H2/b14-10+/t16-,17-/m0/s1. The Morgan fingerprint density at radius 1 is 1.09 bits per heavy atom. The highest BCUT2D eigenvalue weighted by atomic mass is 35.5. The van der Waals surface area contributed by atoms with Crippen molar-refractivity contribution in [1.29, 1.82) is 0 Å². The summed E-state index contributed by atoms with van der Waals surface area (Å²) in [6.45, 7) is 0. The molecule has 0 saturated heterocycles. The van der Waals surface area contributed by atoms with E-state index in [0.29, 0.717) is 10.6 Å². The first kappa shape index (κ1) is 15.1. The Morgan fingerprint density at radius 2 is 1.77 bits per heavy atom. The number of benzene rings is 2. The maximum atomic E-state index is 12.1. The van der Waals surface area contributed by atoms with Gasteiger partial charge in [-0.25, -0.2) is 4.79 Å². The highest BCUT2D eigenvalue weighted by Gasteiger charge is 2.37. The predicted octanol–water partition coefficient (Wildman–Crippen LogP) is 4.96. The highest BCUT2D eigenvalue weighted by Crippen LogP contribution is 2.36. The van der Waals surface area contributed by atoms with Crippen molar-refractivity contribution in [3.8, 4) is 0 Å². The van der Waals surface area contributed by atoms with Gasteiger partial charge in [-0.3, -0.25) is 0 Å². The smallest absolute Gasteiger partial charge is 0.338 e. The van der Waals surface area contributed by atoms with Gasteiger partial charge in [0.2, 0.25) is 0 Å². The molecule has 4 heteroatoms. The van der Waals surface area contributed by atoms with Gasteiger partial charge in [0.15, 0.2) is 0 Å². The van der Waals surface area contributed by atoms with Gasteiger partial charge in [0.25, 0.3) is 0 Å². The Balaban J connectivity index is 1.72. The van der Waals surface area contributed by atoms with Crippen molar-refractivity contribution in [1.82, 2.24) is 0 Å². The summed E-state index contributed by atoms with van der Waals surface area (Å²) in [5.41, 5.74) is 2.57. The van der Waals surface area contributed by atoms with Crippen molar-refractivity contribution >= 4 is 35.2 Å². The molecule has 0 amide bonds. The summed E-state index contributed by atoms with van der Waals surface area (Å²) >= 11 is 12.1. The average Bonchev–Trinajstić information content (AvgIpc) is 2.55. The summed E-state index contributed by atoms with van der Waals surface area (Å²) in [5, 5.41) is 0.518. The molecule has 3 rings (SSSR count). The Labute approximate surface area is 139 Å². The first-order valence-electron chi connectivity index (χ1n) is 6.99. The second-order valence-corrected chi connectivity index (χ2v) is 6.18. The number of rotatable bonds is 3. The third-order valence-electron chi connectivity index (χ3n) is 3.59. The van der Waals surface area contributed by atoms with Crippen LogP contribution in [-0.2, 0) is 4.74 Å². The summed E-state index contributed by atoms with van der Waals surface area (Å²) in [5.74, 6) is -0.349. The molecule has 2 nitrogen and oxygen atoms in total. The lowest BCUT2D eigenvalue weighted by molar-refractivity contribution is 0.0286. The van der Waals surface area contributed by atoms with Crippen molar-refractivity contribution in [2.45, 2.75) is 17.9 Å². The van der Waals surface area contributed by atoms with Crippen LogP contribution < -0.4 is 0 Å². The number of esters is 1. The van der Waals surface area contributed by atoms with E-state index in [2.05, 4.69) is 0 Å². The molecule has 112 valence electrons. The van der Waals surface area contributed by atoms with Crippen LogP contribution in [0.3, 0.4) is 0 Å². The Morgan fingerprint density at radius 3 is 2.41 bits per heavy atom. The van der Waals surface area contributed by atoms with Crippen molar-refractivity contribution in [2.24, 2.45) is 0 Å². The number of carbonyl (C=O) groups excluding carboxylic acids is 1. The minimum absolute atomic E-state index is 0.175. The Bertz CT molecular complexity index is 693. The van der Waals surface area contributed by atoms with Crippen LogP contribution in [0.5, 0.6) is 0 Å². The molecule has 1 fully saturated rings. The van der Waals surface area contributed by atoms with Gasteiger partial charge in [0, 0.05) is 5.02 Å². The fourth-order valence-corrected chi connectivity index (χ4v) is 2.86. The van der Waals surface area contributed by atoms with Crippen LogP contribution in [0.2, 0.25) is 5.02 Å². The number of ether oxygens (including phenoxy) is 1. The fraction of sp³-hybridized carbons (Fsp3) is 0.167. The molecule has 0 radical (unpaired) electrons. The van der Waals surface area contributed by atoms with Gasteiger partial charge < -0.3 is 4.74 Å². The van der Waals surface area contributed by atoms with E-state index < -0.39 is 0 Å². The molecule has 2 atom stereocenters. The Kier molecular flexibility index (Phi) is 4.51. The monoisotopic (exact) mass is 332 g/mol. The van der Waals surface area contributed by atoms with Crippen LogP contribution in [0.15, 0.2) is 60.2 Å². The average molecular weight is 333 g/mol. The Hall–Kier alpha value is -1.77. The third-order valence-corrected chi connectivity index (χ3v) is 4.23. The van der Waals surface area contributed by atoms with Gasteiger partial charge in [-0.2, -0.15) is 0 Å². The molecule has 0 aromatic heterocycles. The second-order valence-electron chi connectivity index (χ2n) is 5.18. The second kappa shape index (κ2) is 6.55. The number of hydrogen-bond donors (Lipinski definition) is 0. The highest BCUT2D eigenvalue weighted by molar-refractivity contribution is 6.30. The zero-order chi connectivity index (χ0) is 15.5. The van der Waals surface area contributed by atoms with E-state index >= 15 is 0 Å². The van der Waals surface area contributed by atoms with Crippen LogP contribution in [-0.4, -0.2) is 17.5 Å². The lowest BCUT2D eigenvalue weighted by Gasteiger charge is -2.34. The molecule has 1 aliphatic carbocycles. The first-order chi connectivity index (χ1) is 10.6. The zero-order valence-electron chi connectivity index (χ0n) is 11.7. The van der Waals surface area contributed by atoms with Crippen LogP contribution in [0.1, 0.15) is 22.3 Å². The minimum Gasteiger partial charge on any atom is -0.453 e. The summed E-state index contributed by atoms with van der Waals surface area (Å²) < 4.78 is 5.53. The minimum atomic E-state index is -0.370. The van der Waals surface area contributed by atoms with E-state index in [9.17, 15) is 4.79 Å². The number of halogens is 2. The molecular formula is C18H14Cl2O2. The van der Waals surface area contributed by atoms with Crippen molar-refractivity contribution in [3.63, 3.8) is 0 Å². The lowest BCUT2D eigenvalue weighted by Crippen LogP contribution is -2.39. The summed E-state index contributed by atoms with van der Waals surface area (Å²) in [7, 11) is 0. The molecule has 0 unspecified atom stereocenters. The van der Waals surface area contributed by atoms with Gasteiger partial charge in [-0.1, -0.05) is 48.0 Å². The SMILES string of the molecule is O=C(O[C@H]1/C(=C/c2ccc(Cl)cc2)C[C@@H]1Cl)c1ccccc1. The molecule has 0 bridgehead atoms. The molecule has 2 aromatic carbocycles. The molecular weight excluding hydrogens is 319 g/mol. The van der Waals surface area contributed by atoms with Gasteiger partial charge in [-0.05, 0) is 41.8 Å². The zero-order valence-corrected chi connectivity index (χ0v) is 13.2. The lowest BCUT2D eigenvalue weighted by atomic mass is 9.86. The van der Waals surface area contributed by atoms with Crippen molar-refractivity contribution in [3.05, 3.63) is 76.3 Å². The summed E-state index contributed by atoms with van der Waals surface area (Å²) in [6, 6.07) is 16.4. The maximum Gasteiger partial charge on any atom is 0.338 e. The fourth-order valence-electron chi connectivity index (χ4n) is 2.34. The largest absolute Gasteiger partial charge is 0.453 e. The van der Waals surface area contributed by atoms with Gasteiger partial charge >= 0.3 is 5.97 Å². The molecule has 1 aliphatic rings. The summed E-state index contributed by atoms with van der Waals surface area (Å²) in [6.07, 6.45) is 2.35. The van der Waals surface area contributed by atoms with Gasteiger partial charge in [0.05, 0.1) is 10.9 Å². The molecule has 0 aliphatic heterocycles. The molecule has 0 heterocycles. The van der Waals surface area contributed by atoms with Crippen molar-refractivity contribution < 1.29 is 9.53 Å². The van der Waals surface area contributed by atoms with E-state index in [-0.39, 0.29) is 17.5 Å². The number of carbonyl (C=O) groups is 1. The van der Waals surface area contributed by atoms with E-state index in [1.807, 2.05) is 36.4 Å². The number of alkyl halides is 1. The molecule has 1 saturated carbocycles. The molecule has 0 N–H and O–H groups in total. The maximum absolute atomic E-state index is 12.1. The molecule has 22 heavy (non-hydrogen) atoms. The van der Waals surface area contributed by atoms with E-state index in [4.69, 9.17) is 27.9 Å². The topological polar surface area (TPSA) is 26.3 Å². The molecule has 0 spiro atoms. The van der Waals surface area contributed by atoms with E-state index in [1.165, 1.54) is 0 Å². The summed E-state index contributed by atoms with van der Waals surface area (Å²) in [4.78, 5) is 12.1.